The Kier molecular flexibility index (Phi) is 7.23. The first-order valence-corrected chi connectivity index (χ1v) is 18.7. The molecule has 0 atom stereocenters. The summed E-state index contributed by atoms with van der Waals surface area (Å²) in [6.45, 7) is 0. The largest absolute Gasteiger partial charge is 0.310 e. The SMILES string of the molecule is c1ccc(-c2ccc(-c3ccc(N(c4ccccc4)c4ccc5sc6ccc7sc(-c8ccc9ccccc9c8)nc7c6c5c4)cc3)cc2)cc1. The van der Waals surface area contributed by atoms with Crippen molar-refractivity contribution < 1.29 is 0 Å². The predicted octanol–water partition coefficient (Wildman–Crippen LogP) is 14.3. The van der Waals surface area contributed by atoms with Gasteiger partial charge in [0.2, 0.25) is 0 Å². The quantitative estimate of drug-likeness (QED) is 0.173. The van der Waals surface area contributed by atoms with E-state index < -0.39 is 0 Å². The van der Waals surface area contributed by atoms with E-state index in [1.165, 1.54) is 57.9 Å². The maximum absolute atomic E-state index is 5.30. The van der Waals surface area contributed by atoms with E-state index in [1.54, 1.807) is 11.3 Å². The van der Waals surface area contributed by atoms with Crippen LogP contribution in [0.4, 0.5) is 17.1 Å². The second kappa shape index (κ2) is 12.4. The van der Waals surface area contributed by atoms with Crippen molar-refractivity contribution >= 4 is 80.9 Å². The zero-order valence-corrected chi connectivity index (χ0v) is 29.2. The van der Waals surface area contributed by atoms with Crippen molar-refractivity contribution in [2.75, 3.05) is 4.90 Å². The number of hydrogen-bond donors (Lipinski definition) is 0. The smallest absolute Gasteiger partial charge is 0.124 e. The van der Waals surface area contributed by atoms with Crippen LogP contribution in [0.2, 0.25) is 0 Å². The van der Waals surface area contributed by atoms with Gasteiger partial charge in [-0.2, -0.15) is 0 Å². The molecule has 0 bridgehead atoms. The lowest BCUT2D eigenvalue weighted by atomic mass is 10.00. The Morgan fingerprint density at radius 3 is 1.67 bits per heavy atom. The summed E-state index contributed by atoms with van der Waals surface area (Å²) in [5.74, 6) is 0. The number of para-hydroxylation sites is 1. The fraction of sp³-hybridized carbons (Fsp3) is 0. The first kappa shape index (κ1) is 29.8. The minimum atomic E-state index is 1.06. The van der Waals surface area contributed by atoms with Gasteiger partial charge in [-0.25, -0.2) is 4.98 Å². The molecule has 2 nitrogen and oxygen atoms in total. The fourth-order valence-corrected chi connectivity index (χ4v) is 9.20. The van der Waals surface area contributed by atoms with Crippen molar-refractivity contribution in [1.29, 1.82) is 0 Å². The van der Waals surface area contributed by atoms with Gasteiger partial charge >= 0.3 is 0 Å². The highest BCUT2D eigenvalue weighted by atomic mass is 32.1. The molecule has 0 unspecified atom stereocenters. The zero-order valence-electron chi connectivity index (χ0n) is 27.5. The average molecular weight is 687 g/mol. The van der Waals surface area contributed by atoms with Crippen LogP contribution < -0.4 is 4.90 Å². The maximum Gasteiger partial charge on any atom is 0.124 e. The number of rotatable bonds is 6. The van der Waals surface area contributed by atoms with E-state index >= 15 is 0 Å². The highest BCUT2D eigenvalue weighted by molar-refractivity contribution is 7.26. The van der Waals surface area contributed by atoms with E-state index in [9.17, 15) is 0 Å². The summed E-state index contributed by atoms with van der Waals surface area (Å²) >= 11 is 3.61. The number of thiazole rings is 1. The van der Waals surface area contributed by atoms with E-state index in [2.05, 4.69) is 187 Å². The van der Waals surface area contributed by atoms with Gasteiger partial charge in [0.1, 0.15) is 5.01 Å². The van der Waals surface area contributed by atoms with Gasteiger partial charge in [-0.1, -0.05) is 121 Å². The predicted molar refractivity (Wildman–Crippen MR) is 221 cm³/mol. The van der Waals surface area contributed by atoms with Gasteiger partial charge in [0, 0.05) is 42.8 Å². The third-order valence-corrected chi connectivity index (χ3v) is 11.9. The molecule has 0 aliphatic heterocycles. The zero-order chi connectivity index (χ0) is 33.7. The van der Waals surface area contributed by atoms with Crippen LogP contribution in [0.5, 0.6) is 0 Å². The Morgan fingerprint density at radius 2 is 0.922 bits per heavy atom. The van der Waals surface area contributed by atoms with Gasteiger partial charge < -0.3 is 4.90 Å². The average Bonchev–Trinajstić information content (AvgIpc) is 3.81. The monoisotopic (exact) mass is 686 g/mol. The van der Waals surface area contributed by atoms with E-state index in [4.69, 9.17) is 4.98 Å². The van der Waals surface area contributed by atoms with Crippen molar-refractivity contribution in [3.63, 3.8) is 0 Å². The molecule has 0 N–H and O–H groups in total. The van der Waals surface area contributed by atoms with Crippen LogP contribution in [0.1, 0.15) is 0 Å². The summed E-state index contributed by atoms with van der Waals surface area (Å²) < 4.78 is 3.74. The van der Waals surface area contributed by atoms with Gasteiger partial charge in [0.15, 0.2) is 0 Å². The standard InChI is InChI=1S/C47H30N2S2/c1-3-9-31(10-4-1)33-15-17-34(18-16-33)35-21-23-39(24-22-35)49(38-13-5-2-6-14-38)40-25-26-42-41(30-40)45-43(50-42)27-28-44-46(45)48-47(51-44)37-20-19-32-11-7-8-12-36(32)29-37/h1-30H. The Bertz CT molecular complexity index is 2840. The number of benzene rings is 8. The molecule has 240 valence electrons. The van der Waals surface area contributed by atoms with Crippen molar-refractivity contribution in [3.05, 3.63) is 182 Å². The molecule has 8 aromatic carbocycles. The van der Waals surface area contributed by atoms with Crippen molar-refractivity contribution in [3.8, 4) is 32.8 Å². The maximum atomic E-state index is 5.30. The van der Waals surface area contributed by atoms with E-state index in [1.807, 2.05) is 11.3 Å². The number of nitrogens with zero attached hydrogens (tertiary/aromatic N) is 2. The molecular weight excluding hydrogens is 657 g/mol. The molecule has 51 heavy (non-hydrogen) atoms. The molecule has 0 saturated heterocycles. The Labute approximate surface area is 304 Å². The van der Waals surface area contributed by atoms with E-state index in [0.717, 1.165) is 33.1 Å². The summed E-state index contributed by atoms with van der Waals surface area (Å²) in [5.41, 5.74) is 10.4. The molecule has 2 heterocycles. The normalized spacial score (nSPS) is 11.5. The minimum absolute atomic E-state index is 1.06. The number of fused-ring (bicyclic) bond motifs is 6. The van der Waals surface area contributed by atoms with Crippen LogP contribution in [0, 0.1) is 0 Å². The summed E-state index contributed by atoms with van der Waals surface area (Å²) in [6.07, 6.45) is 0. The van der Waals surface area contributed by atoms with Gasteiger partial charge in [0.25, 0.3) is 0 Å². The number of thiophene rings is 1. The third-order valence-electron chi connectivity index (χ3n) is 9.69. The van der Waals surface area contributed by atoms with Crippen molar-refractivity contribution in [2.45, 2.75) is 0 Å². The first-order valence-electron chi connectivity index (χ1n) is 17.1. The Balaban J connectivity index is 1.05. The second-order valence-electron chi connectivity index (χ2n) is 12.8. The third kappa shape index (κ3) is 5.37. The minimum Gasteiger partial charge on any atom is -0.310 e. The van der Waals surface area contributed by atoms with Crippen LogP contribution in [0.3, 0.4) is 0 Å². The molecule has 0 amide bonds. The molecule has 2 aromatic heterocycles. The Hall–Kier alpha value is -6.07. The molecule has 0 aliphatic carbocycles. The lowest BCUT2D eigenvalue weighted by Gasteiger charge is -2.26. The summed E-state index contributed by atoms with van der Waals surface area (Å²) in [4.78, 5) is 7.66. The topological polar surface area (TPSA) is 16.1 Å². The lowest BCUT2D eigenvalue weighted by Crippen LogP contribution is -2.09. The lowest BCUT2D eigenvalue weighted by molar-refractivity contribution is 1.29. The van der Waals surface area contributed by atoms with Crippen LogP contribution in [0.25, 0.3) is 74.0 Å². The Morgan fingerprint density at radius 1 is 0.373 bits per heavy atom. The van der Waals surface area contributed by atoms with Crippen LogP contribution in [0.15, 0.2) is 182 Å². The van der Waals surface area contributed by atoms with Gasteiger partial charge in [-0.05, 0) is 93.7 Å². The fourth-order valence-electron chi connectivity index (χ4n) is 7.14. The van der Waals surface area contributed by atoms with Gasteiger partial charge in [-0.15, -0.1) is 22.7 Å². The summed E-state index contributed by atoms with van der Waals surface area (Å²) in [6, 6.07) is 65.5. The molecule has 0 fully saturated rings. The van der Waals surface area contributed by atoms with Crippen molar-refractivity contribution in [1.82, 2.24) is 4.98 Å². The highest BCUT2D eigenvalue weighted by Gasteiger charge is 2.18. The molecule has 10 aromatic rings. The molecule has 4 heteroatoms. The molecule has 0 aliphatic rings. The second-order valence-corrected chi connectivity index (χ2v) is 14.9. The van der Waals surface area contributed by atoms with E-state index in [-0.39, 0.29) is 0 Å². The molecule has 10 rings (SSSR count). The molecule has 0 spiro atoms. The first-order chi connectivity index (χ1) is 25.2. The van der Waals surface area contributed by atoms with Gasteiger partial charge in [-0.3, -0.25) is 0 Å². The van der Waals surface area contributed by atoms with Crippen molar-refractivity contribution in [2.24, 2.45) is 0 Å². The number of aromatic nitrogens is 1. The van der Waals surface area contributed by atoms with E-state index in [0.29, 0.717) is 0 Å². The highest BCUT2D eigenvalue weighted by Crippen LogP contribution is 2.44. The van der Waals surface area contributed by atoms with Crippen LogP contribution in [-0.4, -0.2) is 4.98 Å². The van der Waals surface area contributed by atoms with Crippen LogP contribution >= 0.6 is 22.7 Å². The molecular formula is C47H30N2S2. The number of hydrogen-bond acceptors (Lipinski definition) is 4. The molecule has 0 saturated carbocycles. The number of anilines is 3. The van der Waals surface area contributed by atoms with Gasteiger partial charge in [0.05, 0.1) is 10.2 Å². The molecule has 0 radical (unpaired) electrons. The summed E-state index contributed by atoms with van der Waals surface area (Å²) in [7, 11) is 0. The summed E-state index contributed by atoms with van der Waals surface area (Å²) in [5, 5.41) is 6.01. The van der Waals surface area contributed by atoms with Crippen LogP contribution in [-0.2, 0) is 0 Å².